The van der Waals surface area contributed by atoms with E-state index in [9.17, 15) is 0 Å². The lowest BCUT2D eigenvalue weighted by Crippen LogP contribution is -2.39. The van der Waals surface area contributed by atoms with Crippen LogP contribution in [0.5, 0.6) is 0 Å². The molecule has 0 atom stereocenters. The third-order valence-corrected chi connectivity index (χ3v) is 4.62. The molecule has 0 unspecified atom stereocenters. The van der Waals surface area contributed by atoms with Crippen molar-refractivity contribution < 1.29 is 0 Å². The predicted octanol–water partition coefficient (Wildman–Crippen LogP) is 4.35. The van der Waals surface area contributed by atoms with Gasteiger partial charge >= 0.3 is 0 Å². The molecule has 0 nitrogen and oxygen atoms in total. The van der Waals surface area contributed by atoms with Crippen LogP contribution in [0.1, 0.15) is 64.7 Å². The number of unbranched alkanes of at least 4 members (excludes halogenated alkanes) is 1. The average molecular weight is 179 g/mol. The van der Waals surface area contributed by atoms with Crippen molar-refractivity contribution in [2.24, 2.45) is 10.8 Å². The van der Waals surface area contributed by atoms with E-state index in [0.717, 1.165) is 5.41 Å². The van der Waals surface area contributed by atoms with Crippen LogP contribution in [0.2, 0.25) is 0 Å². The zero-order chi connectivity index (χ0) is 9.36. The smallest absolute Gasteiger partial charge is 0.0297 e. The van der Waals surface area contributed by atoms with Crippen molar-refractivity contribution in [3.8, 4) is 0 Å². The summed E-state index contributed by atoms with van der Waals surface area (Å²) in [6.07, 6.45) is 13.0. The Morgan fingerprint density at radius 2 is 1.54 bits per heavy atom. The molecule has 0 N–H and O–H groups in total. The minimum Gasteiger partial charge on any atom is -0.0654 e. The fraction of sp³-hybridized carbons (Fsp3) is 0.923. The SMILES string of the molecule is [CH2]C12CCC(CCCC)(CC1)CC2. The first-order valence-electron chi connectivity index (χ1n) is 6.04. The Morgan fingerprint density at radius 3 is 2.00 bits per heavy atom. The molecule has 13 heavy (non-hydrogen) atoms. The maximum Gasteiger partial charge on any atom is -0.0297 e. The zero-order valence-corrected chi connectivity index (χ0v) is 9.07. The van der Waals surface area contributed by atoms with Crippen molar-refractivity contribution in [2.45, 2.75) is 64.7 Å². The number of hydrogen-bond acceptors (Lipinski definition) is 0. The molecule has 0 aromatic carbocycles. The molecule has 0 saturated heterocycles. The van der Waals surface area contributed by atoms with Crippen molar-refractivity contribution in [3.63, 3.8) is 0 Å². The average Bonchev–Trinajstić information content (AvgIpc) is 2.18. The zero-order valence-electron chi connectivity index (χ0n) is 9.07. The second kappa shape index (κ2) is 3.29. The summed E-state index contributed by atoms with van der Waals surface area (Å²) in [5, 5.41) is 0. The van der Waals surface area contributed by atoms with Gasteiger partial charge in [0.2, 0.25) is 0 Å². The standard InChI is InChI=1S/C13H23/c1-3-4-5-13-9-6-12(2,7-10-13)8-11-13/h2-11H2,1H3. The molecule has 3 aliphatic carbocycles. The molecule has 1 radical (unpaired) electrons. The van der Waals surface area contributed by atoms with E-state index in [0.29, 0.717) is 5.41 Å². The van der Waals surface area contributed by atoms with Crippen LogP contribution in [0.3, 0.4) is 0 Å². The monoisotopic (exact) mass is 179 g/mol. The van der Waals surface area contributed by atoms with Gasteiger partial charge in [-0.15, -0.1) is 0 Å². The molecule has 3 saturated carbocycles. The summed E-state index contributed by atoms with van der Waals surface area (Å²) in [7, 11) is 0. The maximum absolute atomic E-state index is 4.40. The predicted molar refractivity (Wildman–Crippen MR) is 57.5 cm³/mol. The number of rotatable bonds is 3. The van der Waals surface area contributed by atoms with Gasteiger partial charge < -0.3 is 0 Å². The van der Waals surface area contributed by atoms with Gasteiger partial charge in [0.05, 0.1) is 0 Å². The van der Waals surface area contributed by atoms with Crippen molar-refractivity contribution in [1.29, 1.82) is 0 Å². The lowest BCUT2D eigenvalue weighted by atomic mass is 9.53. The topological polar surface area (TPSA) is 0 Å². The van der Waals surface area contributed by atoms with Crippen molar-refractivity contribution in [1.82, 2.24) is 0 Å². The Kier molecular flexibility index (Phi) is 2.42. The van der Waals surface area contributed by atoms with Gasteiger partial charge in [-0.25, -0.2) is 0 Å². The summed E-state index contributed by atoms with van der Waals surface area (Å²) >= 11 is 0. The molecular weight excluding hydrogens is 156 g/mol. The molecule has 0 aliphatic heterocycles. The summed E-state index contributed by atoms with van der Waals surface area (Å²) in [5.74, 6) is 0. The number of hydrogen-bond donors (Lipinski definition) is 0. The van der Waals surface area contributed by atoms with Gasteiger partial charge in [0.15, 0.2) is 0 Å². The highest BCUT2D eigenvalue weighted by molar-refractivity contribution is 5.00. The summed E-state index contributed by atoms with van der Waals surface area (Å²) in [4.78, 5) is 0. The minimum atomic E-state index is 0.508. The van der Waals surface area contributed by atoms with E-state index < -0.39 is 0 Å². The second-order valence-electron chi connectivity index (χ2n) is 5.60. The Labute approximate surface area is 83.1 Å². The molecule has 3 aliphatic rings. The van der Waals surface area contributed by atoms with Crippen LogP contribution >= 0.6 is 0 Å². The first-order valence-corrected chi connectivity index (χ1v) is 6.04. The molecule has 0 heteroatoms. The highest BCUT2D eigenvalue weighted by Gasteiger charge is 2.45. The van der Waals surface area contributed by atoms with Crippen LogP contribution in [0.25, 0.3) is 0 Å². The maximum atomic E-state index is 4.40. The fourth-order valence-corrected chi connectivity index (χ4v) is 3.27. The van der Waals surface area contributed by atoms with Gasteiger partial charge in [-0.1, -0.05) is 19.8 Å². The van der Waals surface area contributed by atoms with Gasteiger partial charge in [0.25, 0.3) is 0 Å². The van der Waals surface area contributed by atoms with E-state index in [1.54, 1.807) is 0 Å². The van der Waals surface area contributed by atoms with E-state index in [1.807, 2.05) is 0 Å². The molecule has 75 valence electrons. The minimum absolute atomic E-state index is 0.508. The van der Waals surface area contributed by atoms with Crippen molar-refractivity contribution in [2.75, 3.05) is 0 Å². The van der Waals surface area contributed by atoms with Crippen LogP contribution in [-0.4, -0.2) is 0 Å². The van der Waals surface area contributed by atoms with Crippen molar-refractivity contribution in [3.05, 3.63) is 6.92 Å². The summed E-state index contributed by atoms with van der Waals surface area (Å²) in [6, 6.07) is 0. The van der Waals surface area contributed by atoms with Crippen LogP contribution < -0.4 is 0 Å². The Bertz CT molecular complexity index is 150. The van der Waals surface area contributed by atoms with E-state index in [1.165, 1.54) is 57.8 Å². The normalized spacial score (nSPS) is 43.8. The molecule has 3 fully saturated rings. The second-order valence-corrected chi connectivity index (χ2v) is 5.60. The highest BCUT2D eigenvalue weighted by Crippen LogP contribution is 2.58. The molecule has 0 heterocycles. The van der Waals surface area contributed by atoms with E-state index in [2.05, 4.69) is 13.8 Å². The molecule has 0 aromatic heterocycles. The third-order valence-electron chi connectivity index (χ3n) is 4.62. The van der Waals surface area contributed by atoms with Gasteiger partial charge in [-0.05, 0) is 62.7 Å². The summed E-state index contributed by atoms with van der Waals surface area (Å²) in [5.41, 5.74) is 1.28. The lowest BCUT2D eigenvalue weighted by molar-refractivity contribution is 0.0117. The Balaban J connectivity index is 1.95. The van der Waals surface area contributed by atoms with Crippen molar-refractivity contribution >= 4 is 0 Å². The first-order chi connectivity index (χ1) is 6.18. The van der Waals surface area contributed by atoms with E-state index in [4.69, 9.17) is 0 Å². The van der Waals surface area contributed by atoms with Crippen LogP contribution in [-0.2, 0) is 0 Å². The summed E-state index contributed by atoms with van der Waals surface area (Å²) in [6.45, 7) is 6.71. The molecule has 2 bridgehead atoms. The van der Waals surface area contributed by atoms with Crippen LogP contribution in [0.4, 0.5) is 0 Å². The van der Waals surface area contributed by atoms with E-state index in [-0.39, 0.29) is 0 Å². The third kappa shape index (κ3) is 1.78. The fourth-order valence-electron chi connectivity index (χ4n) is 3.27. The quantitative estimate of drug-likeness (QED) is 0.604. The first kappa shape index (κ1) is 9.55. The van der Waals surface area contributed by atoms with Gasteiger partial charge in [-0.2, -0.15) is 0 Å². The summed E-state index contributed by atoms with van der Waals surface area (Å²) < 4.78 is 0. The van der Waals surface area contributed by atoms with Gasteiger partial charge in [-0.3, -0.25) is 0 Å². The number of fused-ring (bicyclic) bond motifs is 3. The largest absolute Gasteiger partial charge is 0.0654 e. The van der Waals surface area contributed by atoms with Gasteiger partial charge in [0.1, 0.15) is 0 Å². The molecule has 0 spiro atoms. The Hall–Kier alpha value is 0. The molecule has 0 aromatic rings. The van der Waals surface area contributed by atoms with Crippen LogP contribution in [0, 0.1) is 17.8 Å². The molecule has 0 amide bonds. The Morgan fingerprint density at radius 1 is 1.00 bits per heavy atom. The molecular formula is C13H23. The molecule has 3 rings (SSSR count). The van der Waals surface area contributed by atoms with Crippen LogP contribution in [0.15, 0.2) is 0 Å². The van der Waals surface area contributed by atoms with E-state index >= 15 is 0 Å². The highest BCUT2D eigenvalue weighted by atomic mass is 14.5. The van der Waals surface area contributed by atoms with Gasteiger partial charge in [0, 0.05) is 0 Å². The lowest BCUT2D eigenvalue weighted by Gasteiger charge is -2.52.